The maximum atomic E-state index is 6.53. The lowest BCUT2D eigenvalue weighted by atomic mass is 9.76. The Bertz CT molecular complexity index is 422. The first-order valence-electron chi connectivity index (χ1n) is 12.5. The van der Waals surface area contributed by atoms with Crippen LogP contribution < -0.4 is 0 Å². The molecule has 1 saturated carbocycles. The van der Waals surface area contributed by atoms with E-state index in [1.54, 1.807) is 0 Å². The van der Waals surface area contributed by atoms with E-state index in [4.69, 9.17) is 18.9 Å². The molecule has 4 unspecified atom stereocenters. The van der Waals surface area contributed by atoms with Crippen LogP contribution in [0.1, 0.15) is 113 Å². The molecule has 0 amide bonds. The lowest BCUT2D eigenvalue weighted by molar-refractivity contribution is -0.438. The van der Waals surface area contributed by atoms with Crippen LogP contribution in [0.3, 0.4) is 0 Å². The Morgan fingerprint density at radius 1 is 0.759 bits per heavy atom. The number of hydrogen-bond acceptors (Lipinski definition) is 4. The second-order valence-corrected chi connectivity index (χ2v) is 10.1. The summed E-state index contributed by atoms with van der Waals surface area (Å²) in [6, 6.07) is 0. The Morgan fingerprint density at radius 3 is 1.83 bits per heavy atom. The van der Waals surface area contributed by atoms with Gasteiger partial charge in [-0.3, -0.25) is 0 Å². The van der Waals surface area contributed by atoms with E-state index in [0.29, 0.717) is 18.1 Å². The van der Waals surface area contributed by atoms with Crippen LogP contribution >= 0.6 is 0 Å². The maximum Gasteiger partial charge on any atom is 0.286 e. The SMILES string of the molecule is CCCCCCCCC(C1CCC2OC2C1)C(OC(C)C)(OC(C)C)OC(C)C. The first-order chi connectivity index (χ1) is 13.8. The third kappa shape index (κ3) is 8.12. The minimum Gasteiger partial charge on any atom is -0.370 e. The normalized spacial score (nSPS) is 25.7. The van der Waals surface area contributed by atoms with E-state index in [0.717, 1.165) is 12.8 Å². The lowest BCUT2D eigenvalue weighted by Gasteiger charge is -2.46. The number of rotatable bonds is 15. The van der Waals surface area contributed by atoms with E-state index in [2.05, 4.69) is 48.5 Å². The molecule has 2 fully saturated rings. The van der Waals surface area contributed by atoms with Crippen LogP contribution in [0.4, 0.5) is 0 Å². The van der Waals surface area contributed by atoms with E-state index in [-0.39, 0.29) is 24.2 Å². The van der Waals surface area contributed by atoms with Crippen molar-refractivity contribution in [1.82, 2.24) is 0 Å². The molecular formula is C25H48O4. The molecular weight excluding hydrogens is 364 g/mol. The van der Waals surface area contributed by atoms with Gasteiger partial charge < -0.3 is 18.9 Å². The number of ether oxygens (including phenoxy) is 4. The smallest absolute Gasteiger partial charge is 0.286 e. The summed E-state index contributed by atoms with van der Waals surface area (Å²) in [7, 11) is 0. The molecule has 29 heavy (non-hydrogen) atoms. The van der Waals surface area contributed by atoms with E-state index in [1.807, 2.05) is 0 Å². The summed E-state index contributed by atoms with van der Waals surface area (Å²) in [6.07, 6.45) is 13.5. The number of hydrogen-bond donors (Lipinski definition) is 0. The average Bonchev–Trinajstić information content (AvgIpc) is 3.37. The van der Waals surface area contributed by atoms with Gasteiger partial charge in [-0.2, -0.15) is 0 Å². The van der Waals surface area contributed by atoms with Gasteiger partial charge >= 0.3 is 0 Å². The van der Waals surface area contributed by atoms with Crippen molar-refractivity contribution in [2.75, 3.05) is 0 Å². The molecule has 0 aromatic carbocycles. The van der Waals surface area contributed by atoms with Crippen LogP contribution in [-0.4, -0.2) is 36.5 Å². The molecule has 4 heteroatoms. The predicted molar refractivity (Wildman–Crippen MR) is 119 cm³/mol. The van der Waals surface area contributed by atoms with Crippen LogP contribution in [0.25, 0.3) is 0 Å². The fourth-order valence-electron chi connectivity index (χ4n) is 4.98. The van der Waals surface area contributed by atoms with E-state index >= 15 is 0 Å². The highest BCUT2D eigenvalue weighted by molar-refractivity contribution is 4.95. The second-order valence-electron chi connectivity index (χ2n) is 10.1. The van der Waals surface area contributed by atoms with Gasteiger partial charge in [0, 0.05) is 5.92 Å². The summed E-state index contributed by atoms with van der Waals surface area (Å²) in [6.45, 7) is 14.8. The maximum absolute atomic E-state index is 6.53. The van der Waals surface area contributed by atoms with Gasteiger partial charge in [0.05, 0.1) is 30.5 Å². The highest BCUT2D eigenvalue weighted by Gasteiger charge is 2.53. The van der Waals surface area contributed by atoms with Gasteiger partial charge in [-0.25, -0.2) is 0 Å². The molecule has 0 spiro atoms. The van der Waals surface area contributed by atoms with Crippen LogP contribution in [-0.2, 0) is 18.9 Å². The zero-order valence-corrected chi connectivity index (χ0v) is 20.2. The largest absolute Gasteiger partial charge is 0.370 e. The molecule has 0 N–H and O–H groups in total. The third-order valence-corrected chi connectivity index (χ3v) is 6.14. The third-order valence-electron chi connectivity index (χ3n) is 6.14. The molecule has 2 rings (SSSR count). The fraction of sp³-hybridized carbons (Fsp3) is 1.00. The Balaban J connectivity index is 2.17. The van der Waals surface area contributed by atoms with Gasteiger partial charge in [0.25, 0.3) is 5.97 Å². The topological polar surface area (TPSA) is 40.2 Å². The Morgan fingerprint density at radius 2 is 1.31 bits per heavy atom. The predicted octanol–water partition coefficient (Wildman–Crippen LogP) is 6.85. The van der Waals surface area contributed by atoms with Crippen molar-refractivity contribution in [1.29, 1.82) is 0 Å². The molecule has 1 saturated heterocycles. The van der Waals surface area contributed by atoms with E-state index in [1.165, 1.54) is 51.4 Å². The Labute approximate surface area is 180 Å². The van der Waals surface area contributed by atoms with Gasteiger partial charge in [-0.1, -0.05) is 45.4 Å². The van der Waals surface area contributed by atoms with Crippen molar-refractivity contribution < 1.29 is 18.9 Å². The number of fused-ring (bicyclic) bond motifs is 1. The van der Waals surface area contributed by atoms with Crippen molar-refractivity contribution in [2.24, 2.45) is 11.8 Å². The minimum absolute atomic E-state index is 0.0491. The van der Waals surface area contributed by atoms with Crippen LogP contribution in [0.15, 0.2) is 0 Å². The van der Waals surface area contributed by atoms with Crippen molar-refractivity contribution >= 4 is 0 Å². The van der Waals surface area contributed by atoms with Crippen LogP contribution in [0.2, 0.25) is 0 Å². The summed E-state index contributed by atoms with van der Waals surface area (Å²) in [4.78, 5) is 0. The van der Waals surface area contributed by atoms with Crippen molar-refractivity contribution in [3.05, 3.63) is 0 Å². The van der Waals surface area contributed by atoms with Crippen LogP contribution in [0.5, 0.6) is 0 Å². The van der Waals surface area contributed by atoms with Gasteiger partial charge in [0.1, 0.15) is 0 Å². The molecule has 0 bridgehead atoms. The second kappa shape index (κ2) is 12.0. The average molecular weight is 413 g/mol. The highest BCUT2D eigenvalue weighted by atomic mass is 16.9. The first kappa shape index (κ1) is 25.1. The zero-order valence-electron chi connectivity index (χ0n) is 20.2. The molecule has 4 nitrogen and oxygen atoms in total. The molecule has 172 valence electrons. The summed E-state index contributed by atoms with van der Waals surface area (Å²) >= 11 is 0. The zero-order chi connectivity index (χ0) is 21.4. The molecule has 1 heterocycles. The first-order valence-corrected chi connectivity index (χ1v) is 12.5. The summed E-state index contributed by atoms with van der Waals surface area (Å²) < 4.78 is 25.5. The quantitative estimate of drug-likeness (QED) is 0.167. The van der Waals surface area contributed by atoms with Gasteiger partial charge in [0.15, 0.2) is 0 Å². The van der Waals surface area contributed by atoms with E-state index in [9.17, 15) is 0 Å². The summed E-state index contributed by atoms with van der Waals surface area (Å²) in [5.41, 5.74) is 0. The van der Waals surface area contributed by atoms with Gasteiger partial charge in [0.2, 0.25) is 0 Å². The number of epoxide rings is 1. The molecule has 0 radical (unpaired) electrons. The molecule has 1 aliphatic heterocycles. The van der Waals surface area contributed by atoms with Gasteiger partial charge in [-0.15, -0.1) is 0 Å². The van der Waals surface area contributed by atoms with E-state index < -0.39 is 5.97 Å². The van der Waals surface area contributed by atoms with Crippen LogP contribution in [0, 0.1) is 11.8 Å². The highest BCUT2D eigenvalue weighted by Crippen LogP contribution is 2.48. The monoisotopic (exact) mass is 412 g/mol. The van der Waals surface area contributed by atoms with Crippen molar-refractivity contribution in [3.8, 4) is 0 Å². The van der Waals surface area contributed by atoms with Crippen molar-refractivity contribution in [3.63, 3.8) is 0 Å². The molecule has 0 aromatic heterocycles. The Hall–Kier alpha value is -0.160. The summed E-state index contributed by atoms with van der Waals surface area (Å²) in [5.74, 6) is -0.191. The Kier molecular flexibility index (Phi) is 10.4. The molecule has 2 aliphatic rings. The minimum atomic E-state index is -0.966. The van der Waals surface area contributed by atoms with Crippen molar-refractivity contribution in [2.45, 2.75) is 149 Å². The lowest BCUT2D eigenvalue weighted by Crippen LogP contribution is -2.53. The standard InChI is InChI=1S/C25H48O4/c1-8-9-10-11-12-13-14-22(21-15-16-23-24(17-21)26-23)25(27-18(2)3,28-19(4)5)29-20(6)7/h18-24H,8-17H2,1-7H3. The molecule has 0 aromatic rings. The number of unbranched alkanes of at least 4 members (excludes halogenated alkanes) is 5. The van der Waals surface area contributed by atoms with Gasteiger partial charge in [-0.05, 0) is 73.1 Å². The molecule has 1 aliphatic carbocycles. The fourth-order valence-corrected chi connectivity index (χ4v) is 4.98. The summed E-state index contributed by atoms with van der Waals surface area (Å²) in [5, 5.41) is 0. The molecule has 4 atom stereocenters.